The van der Waals surface area contributed by atoms with Crippen LogP contribution in [0.4, 0.5) is 5.69 Å². The van der Waals surface area contributed by atoms with E-state index in [9.17, 15) is 0 Å². The van der Waals surface area contributed by atoms with Gasteiger partial charge in [-0.2, -0.15) is 0 Å². The normalized spacial score (nSPS) is 10.7. The molecule has 3 aromatic carbocycles. The fourth-order valence-electron chi connectivity index (χ4n) is 3.75. The van der Waals surface area contributed by atoms with Crippen LogP contribution in [0.1, 0.15) is 72.9 Å². The predicted octanol–water partition coefficient (Wildman–Crippen LogP) is 2.60. The number of para-hydroxylation sites is 1. The van der Waals surface area contributed by atoms with E-state index in [0.29, 0.717) is 11.8 Å². The second-order valence-electron chi connectivity index (χ2n) is 8.61. The smallest absolute Gasteiger partial charge is 1.00 e. The second kappa shape index (κ2) is 15.2. The maximum atomic E-state index is 4.97. The molecule has 0 saturated carbocycles. The number of thioether (sulfide) groups is 1. The molecule has 180 valence electrons. The van der Waals surface area contributed by atoms with Gasteiger partial charge in [-0.25, -0.2) is 0 Å². The summed E-state index contributed by atoms with van der Waals surface area (Å²) in [5, 5.41) is 0. The zero-order chi connectivity index (χ0) is 21.7. The Labute approximate surface area is 235 Å². The van der Waals surface area contributed by atoms with E-state index in [1.54, 1.807) is 0 Å². The van der Waals surface area contributed by atoms with E-state index >= 15 is 0 Å². The molecule has 0 spiro atoms. The SMILES string of the molecule is Cc1cccc(C)c1SCc1cccc(C=Nc2c(C(C)C)cccc2C(C)C)c1.[Br-].[Br-].[Ni+2]. The summed E-state index contributed by atoms with van der Waals surface area (Å²) in [6, 6.07) is 21.8. The minimum absolute atomic E-state index is 0. The van der Waals surface area contributed by atoms with Gasteiger partial charge >= 0.3 is 16.5 Å². The molecule has 0 bridgehead atoms. The van der Waals surface area contributed by atoms with E-state index < -0.39 is 0 Å². The van der Waals surface area contributed by atoms with Crippen molar-refractivity contribution in [1.29, 1.82) is 0 Å². The van der Waals surface area contributed by atoms with E-state index in [2.05, 4.69) is 102 Å². The molecular weight excluding hydrogens is 601 g/mol. The maximum Gasteiger partial charge on any atom is 2.00 e. The van der Waals surface area contributed by atoms with Gasteiger partial charge in [0.15, 0.2) is 0 Å². The first-order valence-electron chi connectivity index (χ1n) is 10.8. The summed E-state index contributed by atoms with van der Waals surface area (Å²) >= 11 is 1.92. The number of benzene rings is 3. The van der Waals surface area contributed by atoms with Crippen molar-refractivity contribution in [2.75, 3.05) is 0 Å². The number of aryl methyl sites for hydroxylation is 2. The Morgan fingerprint density at radius 2 is 1.30 bits per heavy atom. The molecule has 3 rings (SSSR count). The summed E-state index contributed by atoms with van der Waals surface area (Å²) in [6.45, 7) is 13.3. The Balaban J connectivity index is 0.00000341. The molecule has 0 saturated heterocycles. The average Bonchev–Trinajstić information content (AvgIpc) is 2.71. The van der Waals surface area contributed by atoms with Crippen molar-refractivity contribution in [3.05, 3.63) is 94.0 Å². The molecule has 5 heteroatoms. The zero-order valence-corrected chi connectivity index (χ0v) is 25.1. The van der Waals surface area contributed by atoms with Crippen LogP contribution in [0.2, 0.25) is 0 Å². The van der Waals surface area contributed by atoms with E-state index in [-0.39, 0.29) is 50.5 Å². The van der Waals surface area contributed by atoms with Crippen LogP contribution in [-0.4, -0.2) is 6.21 Å². The van der Waals surface area contributed by atoms with Gasteiger partial charge < -0.3 is 34.0 Å². The summed E-state index contributed by atoms with van der Waals surface area (Å²) in [5.74, 6) is 1.87. The molecule has 0 heterocycles. The second-order valence-corrected chi connectivity index (χ2v) is 9.59. The third-order valence-corrected chi connectivity index (χ3v) is 6.84. The van der Waals surface area contributed by atoms with Crippen LogP contribution in [0.5, 0.6) is 0 Å². The average molecular weight is 634 g/mol. The van der Waals surface area contributed by atoms with Crippen LogP contribution in [0.3, 0.4) is 0 Å². The maximum absolute atomic E-state index is 4.97. The molecule has 0 aliphatic rings. The molecule has 0 unspecified atom stereocenters. The first-order chi connectivity index (χ1) is 14.4. The van der Waals surface area contributed by atoms with Crippen LogP contribution in [0.15, 0.2) is 70.6 Å². The van der Waals surface area contributed by atoms with Crippen molar-refractivity contribution in [1.82, 2.24) is 0 Å². The molecule has 1 nitrogen and oxygen atoms in total. The Morgan fingerprint density at radius 1 is 0.788 bits per heavy atom. The third kappa shape index (κ3) is 8.69. The summed E-state index contributed by atoms with van der Waals surface area (Å²) < 4.78 is 0. The first kappa shape index (κ1) is 32.1. The van der Waals surface area contributed by atoms with E-state index in [4.69, 9.17) is 4.99 Å². The van der Waals surface area contributed by atoms with E-state index in [1.807, 2.05) is 18.0 Å². The van der Waals surface area contributed by atoms with Gasteiger partial charge in [-0.15, -0.1) is 11.8 Å². The van der Waals surface area contributed by atoms with Crippen LogP contribution in [-0.2, 0) is 22.2 Å². The van der Waals surface area contributed by atoms with Gasteiger partial charge in [-0.1, -0.05) is 82.3 Å². The zero-order valence-electron chi connectivity index (χ0n) is 20.1. The van der Waals surface area contributed by atoms with Gasteiger partial charge in [0.25, 0.3) is 0 Å². The van der Waals surface area contributed by atoms with Crippen molar-refractivity contribution < 1.29 is 50.5 Å². The standard InChI is InChI=1S/C28H33NS.2BrH.Ni/c1-19(2)25-14-9-15-26(20(3)4)27(25)29-17-23-12-8-13-24(16-23)18-30-28-21(5)10-7-11-22(28)6;;;/h7-17,19-20H,18H2,1-6H3;2*1H;/q;;;+2/p-2. The molecule has 3 aromatic rings. The summed E-state index contributed by atoms with van der Waals surface area (Å²) in [7, 11) is 0. The van der Waals surface area contributed by atoms with Gasteiger partial charge in [0.1, 0.15) is 0 Å². The Bertz CT molecular complexity index is 1000. The van der Waals surface area contributed by atoms with Crippen LogP contribution in [0.25, 0.3) is 0 Å². The van der Waals surface area contributed by atoms with Crippen molar-refractivity contribution in [3.8, 4) is 0 Å². The number of rotatable bonds is 7. The third-order valence-electron chi connectivity index (χ3n) is 5.43. The molecule has 0 amide bonds. The Morgan fingerprint density at radius 3 is 1.85 bits per heavy atom. The number of aliphatic imine (C=N–C) groups is 1. The molecule has 0 N–H and O–H groups in total. The van der Waals surface area contributed by atoms with Gasteiger partial charge in [0.05, 0.1) is 5.69 Å². The molecular formula is C28H33Br2NNiS. The molecule has 0 fully saturated rings. The molecule has 0 atom stereocenters. The molecule has 0 aliphatic carbocycles. The molecule has 0 radical (unpaired) electrons. The topological polar surface area (TPSA) is 12.4 Å². The van der Waals surface area contributed by atoms with Crippen LogP contribution >= 0.6 is 11.8 Å². The van der Waals surface area contributed by atoms with Crippen molar-refractivity contribution in [2.45, 2.75) is 64.0 Å². The molecule has 0 aromatic heterocycles. The monoisotopic (exact) mass is 631 g/mol. The van der Waals surface area contributed by atoms with Crippen molar-refractivity contribution >= 4 is 23.7 Å². The fraction of sp³-hybridized carbons (Fsp3) is 0.321. The van der Waals surface area contributed by atoms with Gasteiger partial charge in [-0.05, 0) is 65.1 Å². The van der Waals surface area contributed by atoms with Gasteiger partial charge in [0, 0.05) is 16.9 Å². The van der Waals surface area contributed by atoms with E-state index in [0.717, 1.165) is 17.0 Å². The largest absolute Gasteiger partial charge is 2.00 e. The molecule has 0 aliphatic heterocycles. The minimum Gasteiger partial charge on any atom is -1.00 e. The predicted molar refractivity (Wildman–Crippen MR) is 134 cm³/mol. The Kier molecular flexibility index (Phi) is 14.8. The summed E-state index contributed by atoms with van der Waals surface area (Å²) in [4.78, 5) is 6.37. The number of hydrogen-bond acceptors (Lipinski definition) is 2. The summed E-state index contributed by atoms with van der Waals surface area (Å²) in [5.41, 5.74) is 8.96. The minimum atomic E-state index is 0. The number of halogens is 2. The van der Waals surface area contributed by atoms with Crippen molar-refractivity contribution in [2.24, 2.45) is 4.99 Å². The quantitative estimate of drug-likeness (QED) is 0.222. The number of nitrogens with zero attached hydrogens (tertiary/aromatic N) is 1. The first-order valence-corrected chi connectivity index (χ1v) is 11.8. The van der Waals surface area contributed by atoms with Crippen LogP contribution in [0, 0.1) is 13.8 Å². The Hall–Kier alpha value is -0.866. The molecule has 33 heavy (non-hydrogen) atoms. The fourth-order valence-corrected chi connectivity index (χ4v) is 4.83. The number of hydrogen-bond donors (Lipinski definition) is 0. The van der Waals surface area contributed by atoms with Crippen molar-refractivity contribution in [3.63, 3.8) is 0 Å². The van der Waals surface area contributed by atoms with Gasteiger partial charge in [0.2, 0.25) is 0 Å². The van der Waals surface area contributed by atoms with Gasteiger partial charge in [-0.3, -0.25) is 4.99 Å². The summed E-state index contributed by atoms with van der Waals surface area (Å²) in [6.07, 6.45) is 2.03. The van der Waals surface area contributed by atoms with Crippen LogP contribution < -0.4 is 34.0 Å². The van der Waals surface area contributed by atoms with E-state index in [1.165, 1.54) is 32.7 Å².